The number of β-amino-alcohol motifs (C(OH)–C–C–N with tert-alkyl or cyclic N) is 1. The van der Waals surface area contributed by atoms with Crippen molar-refractivity contribution < 1.29 is 14.6 Å². The lowest BCUT2D eigenvalue weighted by molar-refractivity contribution is 0.0470. The SMILES string of the molecule is CCN1CCN(CC(O)COc2cccc(OC)c2)CC1.Cl.Cl. The molecule has 1 fully saturated rings. The summed E-state index contributed by atoms with van der Waals surface area (Å²) in [5.74, 6) is 1.49. The fourth-order valence-electron chi connectivity index (χ4n) is 2.52. The fraction of sp³-hybridized carbons (Fsp3) is 0.625. The highest BCUT2D eigenvalue weighted by Gasteiger charge is 2.18. The first-order chi connectivity index (χ1) is 10.2. The van der Waals surface area contributed by atoms with Gasteiger partial charge in [0.2, 0.25) is 0 Å². The lowest BCUT2D eigenvalue weighted by Crippen LogP contribution is -2.49. The van der Waals surface area contributed by atoms with Gasteiger partial charge in [0, 0.05) is 38.8 Å². The van der Waals surface area contributed by atoms with E-state index in [-0.39, 0.29) is 24.8 Å². The summed E-state index contributed by atoms with van der Waals surface area (Å²) in [5.41, 5.74) is 0. The topological polar surface area (TPSA) is 45.2 Å². The van der Waals surface area contributed by atoms with Crippen LogP contribution in [0.4, 0.5) is 0 Å². The zero-order valence-corrected chi connectivity index (χ0v) is 15.4. The lowest BCUT2D eigenvalue weighted by atomic mass is 10.2. The summed E-state index contributed by atoms with van der Waals surface area (Å²) in [5, 5.41) is 10.1. The zero-order valence-electron chi connectivity index (χ0n) is 13.8. The third-order valence-electron chi connectivity index (χ3n) is 3.86. The van der Waals surface area contributed by atoms with Gasteiger partial charge >= 0.3 is 0 Å². The van der Waals surface area contributed by atoms with Crippen LogP contribution in [-0.4, -0.2) is 74.0 Å². The van der Waals surface area contributed by atoms with E-state index in [2.05, 4.69) is 16.7 Å². The van der Waals surface area contributed by atoms with Crippen molar-refractivity contribution in [3.8, 4) is 11.5 Å². The van der Waals surface area contributed by atoms with Gasteiger partial charge in [-0.2, -0.15) is 0 Å². The highest BCUT2D eigenvalue weighted by molar-refractivity contribution is 5.85. The minimum Gasteiger partial charge on any atom is -0.497 e. The third-order valence-corrected chi connectivity index (χ3v) is 3.86. The first-order valence-corrected chi connectivity index (χ1v) is 7.61. The first-order valence-electron chi connectivity index (χ1n) is 7.61. The van der Waals surface area contributed by atoms with Crippen LogP contribution in [0.1, 0.15) is 6.92 Å². The predicted molar refractivity (Wildman–Crippen MR) is 97.5 cm³/mol. The van der Waals surface area contributed by atoms with Crippen LogP contribution in [0.5, 0.6) is 11.5 Å². The second kappa shape index (κ2) is 11.8. The molecule has 1 aliphatic heterocycles. The Morgan fingerprint density at radius 3 is 2.30 bits per heavy atom. The summed E-state index contributed by atoms with van der Waals surface area (Å²) in [6.07, 6.45) is -0.468. The highest BCUT2D eigenvalue weighted by Crippen LogP contribution is 2.19. The van der Waals surface area contributed by atoms with Crippen molar-refractivity contribution in [1.82, 2.24) is 9.80 Å². The van der Waals surface area contributed by atoms with E-state index < -0.39 is 6.10 Å². The molecule has 1 heterocycles. The molecule has 0 bridgehead atoms. The monoisotopic (exact) mass is 366 g/mol. The van der Waals surface area contributed by atoms with Gasteiger partial charge in [-0.3, -0.25) is 4.90 Å². The van der Waals surface area contributed by atoms with Crippen molar-refractivity contribution in [3.63, 3.8) is 0 Å². The van der Waals surface area contributed by atoms with Crippen molar-refractivity contribution in [2.75, 3.05) is 53.0 Å². The van der Waals surface area contributed by atoms with Gasteiger partial charge in [0.05, 0.1) is 7.11 Å². The van der Waals surface area contributed by atoms with Crippen molar-refractivity contribution >= 4 is 24.8 Å². The molecule has 0 saturated carbocycles. The number of likely N-dealkylation sites (N-methyl/N-ethyl adjacent to an activating group) is 1. The van der Waals surface area contributed by atoms with E-state index in [1.165, 1.54) is 0 Å². The van der Waals surface area contributed by atoms with Crippen LogP contribution in [0.25, 0.3) is 0 Å². The molecule has 23 heavy (non-hydrogen) atoms. The maximum absolute atomic E-state index is 10.1. The largest absolute Gasteiger partial charge is 0.497 e. The predicted octanol–water partition coefficient (Wildman–Crippen LogP) is 1.92. The molecule has 0 radical (unpaired) electrons. The van der Waals surface area contributed by atoms with Gasteiger partial charge in [0.15, 0.2) is 0 Å². The Morgan fingerprint density at radius 2 is 1.70 bits per heavy atom. The first kappa shape index (κ1) is 22.3. The molecule has 1 aromatic rings. The van der Waals surface area contributed by atoms with Crippen LogP contribution in [-0.2, 0) is 0 Å². The van der Waals surface area contributed by atoms with Crippen molar-refractivity contribution in [1.29, 1.82) is 0 Å². The van der Waals surface area contributed by atoms with Crippen LogP contribution < -0.4 is 9.47 Å². The maximum Gasteiger partial charge on any atom is 0.123 e. The normalized spacial score (nSPS) is 16.8. The average molecular weight is 367 g/mol. The summed E-state index contributed by atoms with van der Waals surface area (Å²) in [6, 6.07) is 7.45. The number of hydrogen-bond acceptors (Lipinski definition) is 5. The molecule has 2 rings (SSSR count). The molecule has 1 unspecified atom stereocenters. The van der Waals surface area contributed by atoms with Gasteiger partial charge in [-0.25, -0.2) is 0 Å². The second-order valence-electron chi connectivity index (χ2n) is 5.38. The van der Waals surface area contributed by atoms with Crippen LogP contribution in [0, 0.1) is 0 Å². The van der Waals surface area contributed by atoms with Crippen molar-refractivity contribution in [3.05, 3.63) is 24.3 Å². The van der Waals surface area contributed by atoms with Gasteiger partial charge in [-0.15, -0.1) is 24.8 Å². The number of nitrogens with zero attached hydrogens (tertiary/aromatic N) is 2. The van der Waals surface area contributed by atoms with E-state index in [9.17, 15) is 5.11 Å². The molecular weight excluding hydrogens is 339 g/mol. The Balaban J connectivity index is 0.00000242. The van der Waals surface area contributed by atoms with Crippen molar-refractivity contribution in [2.45, 2.75) is 13.0 Å². The number of methoxy groups -OCH3 is 1. The molecule has 1 aliphatic rings. The summed E-state index contributed by atoms with van der Waals surface area (Å²) in [6.45, 7) is 8.47. The Morgan fingerprint density at radius 1 is 1.09 bits per heavy atom. The Kier molecular flexibility index (Phi) is 11.4. The van der Waals surface area contributed by atoms with Gasteiger partial charge in [-0.1, -0.05) is 13.0 Å². The summed E-state index contributed by atoms with van der Waals surface area (Å²) in [7, 11) is 1.63. The molecule has 0 aromatic heterocycles. The van der Waals surface area contributed by atoms with Crippen LogP contribution in [0.2, 0.25) is 0 Å². The van der Waals surface area contributed by atoms with E-state index in [1.807, 2.05) is 24.3 Å². The minimum atomic E-state index is -0.468. The Bertz CT molecular complexity index is 430. The molecule has 0 amide bonds. The van der Waals surface area contributed by atoms with Crippen LogP contribution in [0.3, 0.4) is 0 Å². The molecule has 1 aromatic carbocycles. The molecule has 1 atom stereocenters. The molecule has 5 nitrogen and oxygen atoms in total. The van der Waals surface area contributed by atoms with Crippen LogP contribution >= 0.6 is 24.8 Å². The minimum absolute atomic E-state index is 0. The molecule has 0 spiro atoms. The number of ether oxygens (including phenoxy) is 2. The van der Waals surface area contributed by atoms with E-state index in [0.717, 1.165) is 44.2 Å². The van der Waals surface area contributed by atoms with Crippen LogP contribution in [0.15, 0.2) is 24.3 Å². The number of benzene rings is 1. The molecular formula is C16H28Cl2N2O3. The molecule has 1 N–H and O–H groups in total. The maximum atomic E-state index is 10.1. The molecule has 1 saturated heterocycles. The van der Waals surface area contributed by atoms with E-state index in [1.54, 1.807) is 7.11 Å². The summed E-state index contributed by atoms with van der Waals surface area (Å²) in [4.78, 5) is 4.72. The number of hydrogen-bond donors (Lipinski definition) is 1. The van der Waals surface area contributed by atoms with Gasteiger partial charge in [0.25, 0.3) is 0 Å². The average Bonchev–Trinajstić information content (AvgIpc) is 2.54. The number of aliphatic hydroxyl groups is 1. The van der Waals surface area contributed by atoms with E-state index >= 15 is 0 Å². The second-order valence-corrected chi connectivity index (χ2v) is 5.38. The zero-order chi connectivity index (χ0) is 15.1. The molecule has 134 valence electrons. The molecule has 7 heteroatoms. The fourth-order valence-corrected chi connectivity index (χ4v) is 2.52. The standard InChI is InChI=1S/C16H26N2O3.2ClH/c1-3-17-7-9-18(10-8-17)12-14(19)13-21-16-6-4-5-15(11-16)20-2;;/h4-6,11,14,19H,3,7-10,12-13H2,1-2H3;2*1H. The molecule has 0 aliphatic carbocycles. The lowest BCUT2D eigenvalue weighted by Gasteiger charge is -2.34. The highest BCUT2D eigenvalue weighted by atomic mass is 35.5. The third kappa shape index (κ3) is 7.59. The summed E-state index contributed by atoms with van der Waals surface area (Å²) < 4.78 is 10.8. The smallest absolute Gasteiger partial charge is 0.123 e. The Hall–Kier alpha value is -0.720. The van der Waals surface area contributed by atoms with Crippen molar-refractivity contribution in [2.24, 2.45) is 0 Å². The van der Waals surface area contributed by atoms with Gasteiger partial charge in [-0.05, 0) is 18.7 Å². The number of aliphatic hydroxyl groups excluding tert-OH is 1. The number of halogens is 2. The Labute approximate surface area is 151 Å². The van der Waals surface area contributed by atoms with E-state index in [4.69, 9.17) is 9.47 Å². The summed E-state index contributed by atoms with van der Waals surface area (Å²) >= 11 is 0. The van der Waals surface area contributed by atoms with E-state index in [0.29, 0.717) is 13.2 Å². The van der Waals surface area contributed by atoms with Gasteiger partial charge in [0.1, 0.15) is 24.2 Å². The van der Waals surface area contributed by atoms with Gasteiger partial charge < -0.3 is 19.5 Å². The number of rotatable bonds is 7. The quantitative estimate of drug-likeness (QED) is 0.798. The number of piperazine rings is 1.